The Bertz CT molecular complexity index is 1300. The molecule has 2 aromatic carbocycles. The second kappa shape index (κ2) is 13.2. The molecule has 1 aromatic heterocycles. The van der Waals surface area contributed by atoms with E-state index in [0.29, 0.717) is 22.8 Å². The Hall–Kier alpha value is -3.50. The van der Waals surface area contributed by atoms with E-state index in [0.717, 1.165) is 11.6 Å². The van der Waals surface area contributed by atoms with Crippen molar-refractivity contribution in [2.45, 2.75) is 65.4 Å². The number of furan rings is 1. The van der Waals surface area contributed by atoms with Crippen LogP contribution in [-0.2, 0) is 28.9 Å². The van der Waals surface area contributed by atoms with Gasteiger partial charge in [-0.1, -0.05) is 32.0 Å². The van der Waals surface area contributed by atoms with Crippen LogP contribution in [0.15, 0.2) is 59.0 Å². The number of aryl methyl sites for hydroxylation is 1. The number of amides is 1. The first-order valence-corrected chi connectivity index (χ1v) is 12.4. The number of anilines is 1. The van der Waals surface area contributed by atoms with Gasteiger partial charge in [0.2, 0.25) is 5.91 Å². The minimum absolute atomic E-state index is 0. The molecular weight excluding hydrogens is 549 g/mol. The first kappa shape index (κ1) is 32.7. The van der Waals surface area contributed by atoms with E-state index in [-0.39, 0.29) is 43.6 Å². The second-order valence-corrected chi connectivity index (χ2v) is 10.2. The first-order chi connectivity index (χ1) is 18.1. The number of hydrogen-bond acceptors (Lipinski definition) is 5. The monoisotopic (exact) mass is 582 g/mol. The zero-order chi connectivity index (χ0) is 29.0. The SMILES string of the molecule is Cc1ccc(CN(CC(=O)Nc2ccc(C(C)C)cc2C(F)(F)F)Cc2ccc(OC(C)(C)C(=O)O)cc2)o1.Cl. The molecule has 0 unspecified atom stereocenters. The number of nitrogens with one attached hydrogen (secondary N) is 1. The molecule has 0 saturated heterocycles. The summed E-state index contributed by atoms with van der Waals surface area (Å²) in [5.41, 5.74) is -1.30. The smallest absolute Gasteiger partial charge is 0.418 e. The predicted molar refractivity (Wildman–Crippen MR) is 148 cm³/mol. The Kier molecular flexibility index (Phi) is 10.8. The van der Waals surface area contributed by atoms with Crippen LogP contribution in [0.3, 0.4) is 0 Å². The number of nitrogens with zero attached hydrogens (tertiary/aromatic N) is 1. The number of ether oxygens (including phenoxy) is 1. The first-order valence-electron chi connectivity index (χ1n) is 12.4. The van der Waals surface area contributed by atoms with Crippen LogP contribution < -0.4 is 10.1 Å². The number of carboxylic acids is 1. The van der Waals surface area contributed by atoms with Crippen LogP contribution in [-0.4, -0.2) is 34.0 Å². The van der Waals surface area contributed by atoms with Gasteiger partial charge in [0.05, 0.1) is 24.3 Å². The summed E-state index contributed by atoms with van der Waals surface area (Å²) in [6.45, 7) is 8.58. The molecule has 0 aliphatic rings. The molecule has 0 fully saturated rings. The third kappa shape index (κ3) is 9.02. The van der Waals surface area contributed by atoms with Gasteiger partial charge >= 0.3 is 12.1 Å². The fraction of sp³-hybridized carbons (Fsp3) is 0.379. The molecule has 1 amide bonds. The summed E-state index contributed by atoms with van der Waals surface area (Å²) in [5, 5.41) is 11.7. The highest BCUT2D eigenvalue weighted by Gasteiger charge is 2.34. The number of rotatable bonds is 11. The number of carboxylic acid groups (broad SMARTS) is 1. The van der Waals surface area contributed by atoms with Gasteiger partial charge in [-0.2, -0.15) is 13.2 Å². The van der Waals surface area contributed by atoms with Crippen LogP contribution in [0.4, 0.5) is 18.9 Å². The molecule has 0 atom stereocenters. The van der Waals surface area contributed by atoms with Gasteiger partial charge in [0, 0.05) is 6.54 Å². The van der Waals surface area contributed by atoms with Crippen molar-refractivity contribution < 1.29 is 37.0 Å². The summed E-state index contributed by atoms with van der Waals surface area (Å²) in [7, 11) is 0. The summed E-state index contributed by atoms with van der Waals surface area (Å²) < 4.78 is 52.4. The summed E-state index contributed by atoms with van der Waals surface area (Å²) in [6.07, 6.45) is -4.63. The standard InChI is InChI=1S/C29H33F3N2O5.ClH/c1-18(2)21-9-13-25(24(14-21)29(30,31)32)33-26(35)17-34(16-23-10-6-19(3)38-23)15-20-7-11-22(12-8-20)39-28(4,5)27(36)37;/h6-14,18H,15-17H2,1-5H3,(H,33,35)(H,36,37);1H. The third-order valence-corrected chi connectivity index (χ3v) is 6.05. The van der Waals surface area contributed by atoms with E-state index in [1.807, 2.05) is 0 Å². The molecule has 0 aliphatic heterocycles. The van der Waals surface area contributed by atoms with Crippen molar-refractivity contribution in [1.29, 1.82) is 0 Å². The van der Waals surface area contributed by atoms with Gasteiger partial charge in [-0.05, 0) is 74.2 Å². The molecule has 3 rings (SSSR count). The number of carbonyl (C=O) groups excluding carboxylic acids is 1. The molecule has 2 N–H and O–H groups in total. The lowest BCUT2D eigenvalue weighted by Gasteiger charge is -2.23. The molecule has 0 aliphatic carbocycles. The normalized spacial score (nSPS) is 11.8. The molecule has 0 radical (unpaired) electrons. The van der Waals surface area contributed by atoms with E-state index in [9.17, 15) is 27.9 Å². The van der Waals surface area contributed by atoms with Crippen LogP contribution in [0, 0.1) is 6.92 Å². The zero-order valence-electron chi connectivity index (χ0n) is 23.0. The maximum absolute atomic E-state index is 13.7. The molecule has 0 spiro atoms. The largest absolute Gasteiger partial charge is 0.478 e. The van der Waals surface area contributed by atoms with Crippen molar-refractivity contribution in [3.63, 3.8) is 0 Å². The summed E-state index contributed by atoms with van der Waals surface area (Å²) in [5.74, 6) is -0.163. The van der Waals surface area contributed by atoms with E-state index < -0.39 is 29.2 Å². The van der Waals surface area contributed by atoms with Crippen molar-refractivity contribution in [3.8, 4) is 5.75 Å². The number of benzene rings is 2. The van der Waals surface area contributed by atoms with E-state index in [4.69, 9.17) is 9.15 Å². The lowest BCUT2D eigenvalue weighted by molar-refractivity contribution is -0.152. The molecule has 11 heteroatoms. The van der Waals surface area contributed by atoms with E-state index in [2.05, 4.69) is 5.32 Å². The fourth-order valence-corrected chi connectivity index (χ4v) is 3.87. The van der Waals surface area contributed by atoms with Crippen molar-refractivity contribution in [2.24, 2.45) is 0 Å². The minimum Gasteiger partial charge on any atom is -0.478 e. The van der Waals surface area contributed by atoms with Crippen molar-refractivity contribution >= 4 is 30.0 Å². The third-order valence-electron chi connectivity index (χ3n) is 6.05. The van der Waals surface area contributed by atoms with Crippen molar-refractivity contribution in [3.05, 3.63) is 82.8 Å². The maximum atomic E-state index is 13.7. The number of aliphatic carboxylic acids is 1. The Morgan fingerprint density at radius 2 is 1.68 bits per heavy atom. The van der Waals surface area contributed by atoms with Crippen LogP contribution >= 0.6 is 12.4 Å². The molecule has 40 heavy (non-hydrogen) atoms. The maximum Gasteiger partial charge on any atom is 0.418 e. The fourth-order valence-electron chi connectivity index (χ4n) is 3.87. The quantitative estimate of drug-likeness (QED) is 0.252. The minimum atomic E-state index is -4.63. The Morgan fingerprint density at radius 3 is 2.20 bits per heavy atom. The highest BCUT2D eigenvalue weighted by molar-refractivity contribution is 5.93. The molecule has 7 nitrogen and oxygen atoms in total. The predicted octanol–water partition coefficient (Wildman–Crippen LogP) is 7.03. The van der Waals surface area contributed by atoms with Gasteiger partial charge in [0.15, 0.2) is 5.60 Å². The Morgan fingerprint density at radius 1 is 1.02 bits per heavy atom. The van der Waals surface area contributed by atoms with Gasteiger partial charge in [-0.3, -0.25) is 9.69 Å². The van der Waals surface area contributed by atoms with Gasteiger partial charge in [0.1, 0.15) is 17.3 Å². The second-order valence-electron chi connectivity index (χ2n) is 10.2. The van der Waals surface area contributed by atoms with Gasteiger partial charge in [-0.15, -0.1) is 12.4 Å². The average molecular weight is 583 g/mol. The molecule has 1 heterocycles. The number of hydrogen-bond donors (Lipinski definition) is 2. The van der Waals surface area contributed by atoms with Crippen LogP contribution in [0.1, 0.15) is 61.8 Å². The van der Waals surface area contributed by atoms with Crippen LogP contribution in [0.2, 0.25) is 0 Å². The van der Waals surface area contributed by atoms with E-state index in [1.165, 1.54) is 19.9 Å². The van der Waals surface area contributed by atoms with E-state index in [1.54, 1.807) is 68.1 Å². The van der Waals surface area contributed by atoms with Gasteiger partial charge in [0.25, 0.3) is 0 Å². The van der Waals surface area contributed by atoms with Crippen LogP contribution in [0.25, 0.3) is 0 Å². The van der Waals surface area contributed by atoms with Gasteiger partial charge < -0.3 is 19.6 Å². The Labute approximate surface area is 237 Å². The summed E-state index contributed by atoms with van der Waals surface area (Å²) in [6, 6.07) is 14.2. The average Bonchev–Trinajstić information content (AvgIpc) is 3.23. The summed E-state index contributed by atoms with van der Waals surface area (Å²) in [4.78, 5) is 26.0. The highest BCUT2D eigenvalue weighted by Crippen LogP contribution is 2.36. The van der Waals surface area contributed by atoms with Crippen LogP contribution in [0.5, 0.6) is 5.75 Å². The lowest BCUT2D eigenvalue weighted by atomic mass is 9.99. The number of carbonyl (C=O) groups is 2. The molecule has 0 bridgehead atoms. The lowest BCUT2D eigenvalue weighted by Crippen LogP contribution is -2.37. The molecule has 218 valence electrons. The molecule has 0 saturated carbocycles. The molecule has 3 aromatic rings. The highest BCUT2D eigenvalue weighted by atomic mass is 35.5. The summed E-state index contributed by atoms with van der Waals surface area (Å²) >= 11 is 0. The van der Waals surface area contributed by atoms with E-state index >= 15 is 0 Å². The van der Waals surface area contributed by atoms with Crippen molar-refractivity contribution in [1.82, 2.24) is 4.90 Å². The van der Waals surface area contributed by atoms with Crippen molar-refractivity contribution in [2.75, 3.05) is 11.9 Å². The Balaban J connectivity index is 0.00000560. The zero-order valence-corrected chi connectivity index (χ0v) is 23.8. The topological polar surface area (TPSA) is 92.0 Å². The number of halogens is 4. The van der Waals surface area contributed by atoms with Gasteiger partial charge in [-0.25, -0.2) is 4.79 Å². The number of alkyl halides is 3. The molecular formula is C29H34ClF3N2O5.